The first kappa shape index (κ1) is 16.7. The fraction of sp³-hybridized carbons (Fsp3) is 0.500. The lowest BCUT2D eigenvalue weighted by Gasteiger charge is -2.35. The summed E-state index contributed by atoms with van der Waals surface area (Å²) in [5.74, 6) is -0.0835. The molecule has 3 N–H and O–H groups in total. The molecule has 1 fully saturated rings. The normalized spacial score (nSPS) is 18.3. The van der Waals surface area contributed by atoms with Gasteiger partial charge in [-0.15, -0.1) is 0 Å². The van der Waals surface area contributed by atoms with E-state index >= 15 is 0 Å². The van der Waals surface area contributed by atoms with Gasteiger partial charge in [0.15, 0.2) is 0 Å². The van der Waals surface area contributed by atoms with Gasteiger partial charge < -0.3 is 11.1 Å². The molecule has 0 bridgehead atoms. The van der Waals surface area contributed by atoms with E-state index in [9.17, 15) is 4.79 Å². The van der Waals surface area contributed by atoms with Gasteiger partial charge in [-0.05, 0) is 59.7 Å². The molecular formula is C16H21IN2OS. The van der Waals surface area contributed by atoms with Crippen LogP contribution in [-0.4, -0.2) is 16.4 Å². The predicted molar refractivity (Wildman–Crippen MR) is 98.5 cm³/mol. The second kappa shape index (κ2) is 7.54. The second-order valence-corrected chi connectivity index (χ2v) is 7.36. The summed E-state index contributed by atoms with van der Waals surface area (Å²) in [6.07, 6.45) is 7.44. The van der Waals surface area contributed by atoms with Gasteiger partial charge in [-0.2, -0.15) is 0 Å². The van der Waals surface area contributed by atoms with Crippen LogP contribution in [-0.2, 0) is 0 Å². The van der Waals surface area contributed by atoms with Crippen molar-refractivity contribution in [2.45, 2.75) is 50.5 Å². The van der Waals surface area contributed by atoms with Crippen molar-refractivity contribution in [2.75, 3.05) is 0 Å². The Morgan fingerprint density at radius 3 is 2.14 bits per heavy atom. The van der Waals surface area contributed by atoms with Gasteiger partial charge >= 0.3 is 0 Å². The first-order chi connectivity index (χ1) is 10.0. The topological polar surface area (TPSA) is 55.1 Å². The lowest BCUT2D eigenvalue weighted by molar-refractivity contribution is 0.0913. The minimum atomic E-state index is -0.518. The Bertz CT molecular complexity index is 508. The van der Waals surface area contributed by atoms with E-state index in [1.54, 1.807) is 0 Å². The van der Waals surface area contributed by atoms with Gasteiger partial charge in [-0.1, -0.05) is 44.3 Å². The summed E-state index contributed by atoms with van der Waals surface area (Å²) in [7, 11) is 0. The zero-order valence-electron chi connectivity index (χ0n) is 12.0. The molecule has 1 amide bonds. The van der Waals surface area contributed by atoms with Gasteiger partial charge in [-0.25, -0.2) is 0 Å². The van der Waals surface area contributed by atoms with E-state index in [1.165, 1.54) is 19.3 Å². The van der Waals surface area contributed by atoms with Crippen molar-refractivity contribution < 1.29 is 4.79 Å². The molecule has 0 aliphatic heterocycles. The molecule has 0 spiro atoms. The van der Waals surface area contributed by atoms with Crippen LogP contribution >= 0.6 is 34.8 Å². The maximum absolute atomic E-state index is 12.5. The molecule has 21 heavy (non-hydrogen) atoms. The van der Waals surface area contributed by atoms with E-state index in [1.807, 2.05) is 24.3 Å². The van der Waals surface area contributed by atoms with Crippen LogP contribution in [0.3, 0.4) is 0 Å². The highest BCUT2D eigenvalue weighted by molar-refractivity contribution is 14.1. The van der Waals surface area contributed by atoms with Crippen LogP contribution in [0.2, 0.25) is 0 Å². The first-order valence-electron chi connectivity index (χ1n) is 7.41. The number of carbonyl (C=O) groups excluding carboxylic acids is 1. The van der Waals surface area contributed by atoms with Gasteiger partial charge in [0.1, 0.15) is 0 Å². The van der Waals surface area contributed by atoms with Crippen molar-refractivity contribution in [1.82, 2.24) is 5.32 Å². The van der Waals surface area contributed by atoms with E-state index in [0.29, 0.717) is 10.6 Å². The predicted octanol–water partition coefficient (Wildman–Crippen LogP) is 3.79. The third kappa shape index (κ3) is 4.39. The smallest absolute Gasteiger partial charge is 0.252 e. The molecule has 5 heteroatoms. The number of hydrogen-bond acceptors (Lipinski definition) is 2. The molecule has 1 aromatic carbocycles. The highest BCUT2D eigenvalue weighted by Crippen LogP contribution is 2.27. The van der Waals surface area contributed by atoms with Crippen LogP contribution in [0.25, 0.3) is 0 Å². The molecule has 1 aromatic rings. The Kier molecular flexibility index (Phi) is 5.98. The Morgan fingerprint density at radius 1 is 1.10 bits per heavy atom. The summed E-state index contributed by atoms with van der Waals surface area (Å²) in [4.78, 5) is 12.9. The monoisotopic (exact) mass is 416 g/mol. The third-order valence-electron chi connectivity index (χ3n) is 4.14. The van der Waals surface area contributed by atoms with E-state index in [2.05, 4.69) is 27.9 Å². The highest BCUT2D eigenvalue weighted by Gasteiger charge is 2.35. The van der Waals surface area contributed by atoms with Gasteiger partial charge in [0.05, 0.1) is 10.5 Å². The number of halogens is 1. The Labute approximate surface area is 145 Å². The first-order valence-corrected chi connectivity index (χ1v) is 8.90. The lowest BCUT2D eigenvalue weighted by Crippen LogP contribution is -2.57. The number of nitrogens with one attached hydrogen (secondary N) is 1. The van der Waals surface area contributed by atoms with Gasteiger partial charge in [0.2, 0.25) is 0 Å². The van der Waals surface area contributed by atoms with Crippen LogP contribution in [0, 0.1) is 3.57 Å². The van der Waals surface area contributed by atoms with E-state index in [-0.39, 0.29) is 5.91 Å². The maximum atomic E-state index is 12.5. The number of thiocarbonyl (C=S) groups is 1. The number of benzene rings is 1. The molecule has 1 aliphatic rings. The van der Waals surface area contributed by atoms with Crippen molar-refractivity contribution in [3.63, 3.8) is 0 Å². The molecule has 114 valence electrons. The maximum Gasteiger partial charge on any atom is 0.252 e. The van der Waals surface area contributed by atoms with E-state index in [0.717, 1.165) is 29.3 Å². The molecular weight excluding hydrogens is 395 g/mol. The number of rotatable bonds is 3. The number of amides is 1. The number of hydrogen-bond donors (Lipinski definition) is 2. The minimum absolute atomic E-state index is 0.0835. The summed E-state index contributed by atoms with van der Waals surface area (Å²) in [5, 5.41) is 3.13. The SMILES string of the molecule is NC(=S)C1(NC(=O)c2ccc(I)cc2)CCCCCCC1. The molecule has 1 aliphatic carbocycles. The minimum Gasteiger partial charge on any atom is -0.391 e. The van der Waals surface area contributed by atoms with Crippen molar-refractivity contribution in [1.29, 1.82) is 0 Å². The van der Waals surface area contributed by atoms with Gasteiger partial charge in [0.25, 0.3) is 5.91 Å². The zero-order valence-corrected chi connectivity index (χ0v) is 15.0. The summed E-state index contributed by atoms with van der Waals surface area (Å²) in [6, 6.07) is 7.54. The fourth-order valence-corrected chi connectivity index (χ4v) is 3.45. The second-order valence-electron chi connectivity index (χ2n) is 5.68. The summed E-state index contributed by atoms with van der Waals surface area (Å²) >= 11 is 7.51. The van der Waals surface area contributed by atoms with Crippen LogP contribution in [0.1, 0.15) is 55.3 Å². The van der Waals surface area contributed by atoms with Crippen molar-refractivity contribution in [3.8, 4) is 0 Å². The van der Waals surface area contributed by atoms with Crippen LogP contribution in [0.4, 0.5) is 0 Å². The fourth-order valence-electron chi connectivity index (χ4n) is 2.83. The van der Waals surface area contributed by atoms with Crippen molar-refractivity contribution >= 4 is 45.7 Å². The molecule has 0 saturated heterocycles. The van der Waals surface area contributed by atoms with E-state index in [4.69, 9.17) is 18.0 Å². The summed E-state index contributed by atoms with van der Waals surface area (Å²) in [5.41, 5.74) is 6.13. The quantitative estimate of drug-likeness (QED) is 0.583. The van der Waals surface area contributed by atoms with Crippen LogP contribution < -0.4 is 11.1 Å². The largest absolute Gasteiger partial charge is 0.391 e. The summed E-state index contributed by atoms with van der Waals surface area (Å²) in [6.45, 7) is 0. The Balaban J connectivity index is 2.16. The average Bonchev–Trinajstić information content (AvgIpc) is 2.42. The van der Waals surface area contributed by atoms with Crippen molar-refractivity contribution in [2.24, 2.45) is 5.73 Å². The number of nitrogens with two attached hydrogens (primary N) is 1. The van der Waals surface area contributed by atoms with Crippen molar-refractivity contribution in [3.05, 3.63) is 33.4 Å². The molecule has 0 heterocycles. The molecule has 0 radical (unpaired) electrons. The Morgan fingerprint density at radius 2 is 1.62 bits per heavy atom. The zero-order chi connectivity index (χ0) is 15.3. The number of carbonyl (C=O) groups is 1. The highest BCUT2D eigenvalue weighted by atomic mass is 127. The summed E-state index contributed by atoms with van der Waals surface area (Å²) < 4.78 is 1.11. The molecule has 3 nitrogen and oxygen atoms in total. The molecule has 0 atom stereocenters. The van der Waals surface area contributed by atoms with Crippen LogP contribution in [0.5, 0.6) is 0 Å². The standard InChI is InChI=1S/C16H21IN2OS/c17-13-8-6-12(7-9-13)14(20)19-16(15(18)21)10-4-2-1-3-5-11-16/h6-9H,1-5,10-11H2,(H2,18,21)(H,19,20). The lowest BCUT2D eigenvalue weighted by atomic mass is 9.83. The molecule has 0 aromatic heterocycles. The Hall–Kier alpha value is -0.690. The molecule has 1 saturated carbocycles. The van der Waals surface area contributed by atoms with Crippen LogP contribution in [0.15, 0.2) is 24.3 Å². The van der Waals surface area contributed by atoms with Gasteiger partial charge in [-0.3, -0.25) is 4.79 Å². The third-order valence-corrected chi connectivity index (χ3v) is 5.25. The van der Waals surface area contributed by atoms with E-state index < -0.39 is 5.54 Å². The molecule has 2 rings (SSSR count). The average molecular weight is 416 g/mol. The van der Waals surface area contributed by atoms with Gasteiger partial charge in [0, 0.05) is 9.13 Å². The molecule has 0 unspecified atom stereocenters.